The van der Waals surface area contributed by atoms with Crippen molar-refractivity contribution in [2.45, 2.75) is 59.8 Å². The summed E-state index contributed by atoms with van der Waals surface area (Å²) in [4.78, 5) is 0. The van der Waals surface area contributed by atoms with Crippen LogP contribution in [0.5, 0.6) is 0 Å². The van der Waals surface area contributed by atoms with Crippen molar-refractivity contribution in [2.75, 3.05) is 0 Å². The van der Waals surface area contributed by atoms with Crippen molar-refractivity contribution in [3.05, 3.63) is 18.1 Å². The summed E-state index contributed by atoms with van der Waals surface area (Å²) in [6, 6.07) is 0. The first-order valence-electron chi connectivity index (χ1n) is 5.58. The van der Waals surface area contributed by atoms with Gasteiger partial charge in [0.15, 0.2) is 0 Å². The zero-order chi connectivity index (χ0) is 10.1. The van der Waals surface area contributed by atoms with Crippen molar-refractivity contribution in [1.29, 1.82) is 0 Å². The molecule has 0 aliphatic carbocycles. The van der Waals surface area contributed by atoms with Gasteiger partial charge in [0.05, 0.1) is 0 Å². The fourth-order valence-corrected chi connectivity index (χ4v) is 1.47. The van der Waals surface area contributed by atoms with Gasteiger partial charge < -0.3 is 0 Å². The third kappa shape index (κ3) is 9.66. The van der Waals surface area contributed by atoms with E-state index in [4.69, 9.17) is 0 Å². The number of rotatable bonds is 7. The number of hydrogen-bond donors (Lipinski definition) is 0. The first-order valence-corrected chi connectivity index (χ1v) is 5.58. The van der Waals surface area contributed by atoms with Crippen molar-refractivity contribution < 1.29 is 0 Å². The van der Waals surface area contributed by atoms with Crippen molar-refractivity contribution in [1.82, 2.24) is 0 Å². The van der Waals surface area contributed by atoms with Crippen LogP contribution < -0.4 is 0 Å². The molecule has 0 fully saturated rings. The second kappa shape index (κ2) is 8.34. The molecule has 0 saturated carbocycles. The van der Waals surface area contributed by atoms with Gasteiger partial charge in [-0.2, -0.15) is 0 Å². The van der Waals surface area contributed by atoms with Crippen LogP contribution in [0.4, 0.5) is 0 Å². The monoisotopic (exact) mass is 181 g/mol. The second-order valence-electron chi connectivity index (χ2n) is 4.30. The molecule has 0 aromatic carbocycles. The Morgan fingerprint density at radius 3 is 2.38 bits per heavy atom. The molecular formula is C13H25. The lowest BCUT2D eigenvalue weighted by molar-refractivity contribution is 0.477. The van der Waals surface area contributed by atoms with Gasteiger partial charge in [-0.3, -0.25) is 0 Å². The van der Waals surface area contributed by atoms with Crippen LogP contribution >= 0.6 is 0 Å². The summed E-state index contributed by atoms with van der Waals surface area (Å²) in [5.74, 6) is 0.899. The van der Waals surface area contributed by atoms with Crippen LogP contribution in [-0.2, 0) is 0 Å². The van der Waals surface area contributed by atoms with Crippen LogP contribution in [0.25, 0.3) is 0 Å². The molecule has 1 atom stereocenters. The Labute approximate surface area is 84.4 Å². The minimum Gasteiger partial charge on any atom is -0.0859 e. The molecule has 0 amide bonds. The Morgan fingerprint density at radius 2 is 1.85 bits per heavy atom. The molecule has 1 radical (unpaired) electrons. The zero-order valence-corrected chi connectivity index (χ0v) is 9.77. The Bertz CT molecular complexity index is 129. The Morgan fingerprint density at radius 1 is 1.15 bits per heavy atom. The smallest absolute Gasteiger partial charge is 0.0346 e. The van der Waals surface area contributed by atoms with E-state index in [9.17, 15) is 0 Å². The number of allylic oxidation sites excluding steroid dienone is 2. The van der Waals surface area contributed by atoms with E-state index in [1.165, 1.54) is 37.7 Å². The maximum Gasteiger partial charge on any atom is -0.0346 e. The summed E-state index contributed by atoms with van der Waals surface area (Å²) < 4.78 is 0. The first-order chi connectivity index (χ1) is 6.16. The van der Waals surface area contributed by atoms with Gasteiger partial charge in [-0.25, -0.2) is 0 Å². The fourth-order valence-electron chi connectivity index (χ4n) is 1.47. The van der Waals surface area contributed by atoms with Crippen molar-refractivity contribution >= 4 is 0 Å². The van der Waals surface area contributed by atoms with Crippen molar-refractivity contribution in [3.8, 4) is 0 Å². The predicted molar refractivity (Wildman–Crippen MR) is 61.7 cm³/mol. The van der Waals surface area contributed by atoms with Crippen LogP contribution in [0, 0.1) is 12.3 Å². The molecule has 0 rings (SSSR count). The first kappa shape index (κ1) is 12.7. The summed E-state index contributed by atoms with van der Waals surface area (Å²) >= 11 is 0. The molecule has 0 aromatic rings. The molecule has 0 N–H and O–H groups in total. The van der Waals surface area contributed by atoms with Crippen LogP contribution in [0.3, 0.4) is 0 Å². The molecule has 0 heteroatoms. The van der Waals surface area contributed by atoms with Gasteiger partial charge in [0.25, 0.3) is 0 Å². The van der Waals surface area contributed by atoms with E-state index in [1.54, 1.807) is 0 Å². The Balaban J connectivity index is 3.30. The number of hydrogen-bond acceptors (Lipinski definition) is 0. The largest absolute Gasteiger partial charge is 0.0859 e. The molecule has 0 aliphatic heterocycles. The minimum atomic E-state index is 0.899. The lowest BCUT2D eigenvalue weighted by Gasteiger charge is -2.08. The normalized spacial score (nSPS) is 12.6. The highest BCUT2D eigenvalue weighted by Crippen LogP contribution is 2.15. The molecule has 1 unspecified atom stereocenters. The van der Waals surface area contributed by atoms with Gasteiger partial charge in [-0.1, -0.05) is 44.8 Å². The maximum atomic E-state index is 2.37. The molecule has 0 aliphatic rings. The minimum absolute atomic E-state index is 0.899. The molecule has 0 saturated heterocycles. The third-order valence-corrected chi connectivity index (χ3v) is 2.40. The van der Waals surface area contributed by atoms with Gasteiger partial charge in [0.1, 0.15) is 0 Å². The van der Waals surface area contributed by atoms with E-state index in [1.807, 2.05) is 0 Å². The van der Waals surface area contributed by atoms with E-state index in [0.29, 0.717) is 0 Å². The molecule has 77 valence electrons. The highest BCUT2D eigenvalue weighted by molar-refractivity contribution is 4.92. The van der Waals surface area contributed by atoms with E-state index < -0.39 is 0 Å². The molecule has 13 heavy (non-hydrogen) atoms. The predicted octanol–water partition coefficient (Wildman–Crippen LogP) is 4.76. The third-order valence-electron chi connectivity index (χ3n) is 2.40. The van der Waals surface area contributed by atoms with Crippen LogP contribution in [0.1, 0.15) is 59.8 Å². The molecule has 0 bridgehead atoms. The molecule has 0 aromatic heterocycles. The van der Waals surface area contributed by atoms with Crippen molar-refractivity contribution in [3.63, 3.8) is 0 Å². The number of unbranched alkanes of at least 4 members (excludes halogenated alkanes) is 2. The molecule has 0 nitrogen and oxygen atoms in total. The van der Waals surface area contributed by atoms with E-state index in [0.717, 1.165) is 5.92 Å². The standard InChI is InChI=1S/C13H25/c1-5-6-7-10-13(4)11-8-9-12(2)3/h5,9,13H,6-8,10-11H2,1-4H3. The summed E-state index contributed by atoms with van der Waals surface area (Å²) in [6.07, 6.45) is 11.3. The van der Waals surface area contributed by atoms with Crippen molar-refractivity contribution in [2.24, 2.45) is 5.92 Å². The molecule has 0 spiro atoms. The second-order valence-corrected chi connectivity index (χ2v) is 4.30. The highest BCUT2D eigenvalue weighted by Gasteiger charge is 1.99. The fraction of sp³-hybridized carbons (Fsp3) is 0.769. The van der Waals surface area contributed by atoms with Gasteiger partial charge in [-0.05, 0) is 39.0 Å². The summed E-state index contributed by atoms with van der Waals surface area (Å²) in [5, 5.41) is 0. The summed E-state index contributed by atoms with van der Waals surface area (Å²) in [7, 11) is 0. The Hall–Kier alpha value is -0.260. The van der Waals surface area contributed by atoms with Crippen LogP contribution in [0.15, 0.2) is 11.6 Å². The van der Waals surface area contributed by atoms with Gasteiger partial charge in [0, 0.05) is 0 Å². The maximum absolute atomic E-state index is 2.37. The van der Waals surface area contributed by atoms with Crippen LogP contribution in [0.2, 0.25) is 0 Å². The van der Waals surface area contributed by atoms with E-state index in [2.05, 4.69) is 40.2 Å². The highest BCUT2D eigenvalue weighted by atomic mass is 14.1. The summed E-state index contributed by atoms with van der Waals surface area (Å²) in [5.41, 5.74) is 1.45. The van der Waals surface area contributed by atoms with E-state index >= 15 is 0 Å². The molecular weight excluding hydrogens is 156 g/mol. The summed E-state index contributed by atoms with van der Waals surface area (Å²) in [6.45, 7) is 8.87. The lowest BCUT2D eigenvalue weighted by atomic mass is 9.98. The quantitative estimate of drug-likeness (QED) is 0.392. The van der Waals surface area contributed by atoms with Gasteiger partial charge in [0.2, 0.25) is 0 Å². The SMILES string of the molecule is C[CH]CCCC(C)CCC=C(C)C. The zero-order valence-electron chi connectivity index (χ0n) is 9.77. The lowest BCUT2D eigenvalue weighted by Crippen LogP contribution is -1.93. The Kier molecular flexibility index (Phi) is 8.18. The van der Waals surface area contributed by atoms with Gasteiger partial charge in [-0.15, -0.1) is 0 Å². The van der Waals surface area contributed by atoms with Gasteiger partial charge >= 0.3 is 0 Å². The topological polar surface area (TPSA) is 0 Å². The average molecular weight is 181 g/mol. The van der Waals surface area contributed by atoms with Crippen LogP contribution in [-0.4, -0.2) is 0 Å². The molecule has 0 heterocycles. The van der Waals surface area contributed by atoms with E-state index in [-0.39, 0.29) is 0 Å². The average Bonchev–Trinajstić information content (AvgIpc) is 2.04.